The van der Waals surface area contributed by atoms with E-state index in [9.17, 15) is 13.2 Å². The number of carbonyl (C=O) groups excluding carboxylic acids is 1. The van der Waals surface area contributed by atoms with Gasteiger partial charge in [0.1, 0.15) is 9.90 Å². The first-order valence-electron chi connectivity index (χ1n) is 5.66. The van der Waals surface area contributed by atoms with Crippen LogP contribution in [-0.4, -0.2) is 19.3 Å². The summed E-state index contributed by atoms with van der Waals surface area (Å²) in [6.45, 7) is 3.52. The Bertz CT molecular complexity index is 765. The molecular weight excluding hydrogens is 338 g/mol. The maximum Gasteiger partial charge on any atom is 0.287 e. The van der Waals surface area contributed by atoms with Crippen LogP contribution >= 0.6 is 22.9 Å². The largest absolute Gasteiger partial charge is 0.438 e. The molecule has 3 N–H and O–H groups in total. The van der Waals surface area contributed by atoms with Crippen molar-refractivity contribution in [3.05, 3.63) is 33.6 Å². The van der Waals surface area contributed by atoms with Crippen LogP contribution in [0, 0.1) is 0 Å². The summed E-state index contributed by atoms with van der Waals surface area (Å²) in [5.41, 5.74) is -0.744. The molecule has 0 bridgehead atoms. The highest BCUT2D eigenvalue weighted by atomic mass is 35.5. The highest BCUT2D eigenvalue weighted by molar-refractivity contribution is 7.89. The van der Waals surface area contributed by atoms with Gasteiger partial charge in [0.25, 0.3) is 5.91 Å². The zero-order valence-corrected chi connectivity index (χ0v) is 13.5. The van der Waals surface area contributed by atoms with Crippen LogP contribution in [0.3, 0.4) is 0 Å². The number of primary sulfonamides is 1. The van der Waals surface area contributed by atoms with E-state index in [-0.39, 0.29) is 5.76 Å². The van der Waals surface area contributed by atoms with E-state index in [0.29, 0.717) is 5.01 Å². The SMILES string of the molecule is CC(C)(NC(=O)c1cc(S(N)(=O)=O)c(Cl)o1)c1nccs1. The third kappa shape index (κ3) is 3.43. The fourth-order valence-electron chi connectivity index (χ4n) is 1.59. The van der Waals surface area contributed by atoms with Crippen LogP contribution in [0.15, 0.2) is 27.0 Å². The molecule has 0 aromatic carbocycles. The van der Waals surface area contributed by atoms with Gasteiger partial charge in [-0.2, -0.15) is 0 Å². The maximum atomic E-state index is 12.1. The number of nitrogens with one attached hydrogen (secondary N) is 1. The molecule has 1 amide bonds. The molecule has 0 saturated heterocycles. The van der Waals surface area contributed by atoms with Crippen LogP contribution in [0.5, 0.6) is 0 Å². The molecule has 0 fully saturated rings. The fraction of sp³-hybridized carbons (Fsp3) is 0.273. The van der Waals surface area contributed by atoms with Gasteiger partial charge in [0.05, 0.1) is 5.54 Å². The van der Waals surface area contributed by atoms with Crippen molar-refractivity contribution in [3.8, 4) is 0 Å². The average Bonchev–Trinajstić information content (AvgIpc) is 2.95. The Hall–Kier alpha value is -1.42. The van der Waals surface area contributed by atoms with Gasteiger partial charge >= 0.3 is 0 Å². The molecule has 0 aliphatic carbocycles. The number of carbonyl (C=O) groups is 1. The summed E-state index contributed by atoms with van der Waals surface area (Å²) in [5, 5.41) is 9.68. The van der Waals surface area contributed by atoms with Gasteiger partial charge in [-0.25, -0.2) is 18.5 Å². The third-order valence-electron chi connectivity index (χ3n) is 2.58. The Morgan fingerprint density at radius 3 is 2.67 bits per heavy atom. The number of rotatable bonds is 4. The van der Waals surface area contributed by atoms with Gasteiger partial charge in [-0.05, 0) is 25.4 Å². The molecule has 0 saturated carbocycles. The van der Waals surface area contributed by atoms with Crippen molar-refractivity contribution in [3.63, 3.8) is 0 Å². The van der Waals surface area contributed by atoms with E-state index >= 15 is 0 Å². The topological polar surface area (TPSA) is 115 Å². The van der Waals surface area contributed by atoms with Crippen LogP contribution in [0.25, 0.3) is 0 Å². The van der Waals surface area contributed by atoms with Crippen molar-refractivity contribution in [2.24, 2.45) is 5.14 Å². The number of nitrogens with two attached hydrogens (primary N) is 1. The molecule has 0 unspecified atom stereocenters. The minimum Gasteiger partial charge on any atom is -0.438 e. The van der Waals surface area contributed by atoms with Gasteiger partial charge in [0, 0.05) is 17.6 Å². The summed E-state index contributed by atoms with van der Waals surface area (Å²) in [5.74, 6) is -0.861. The lowest BCUT2D eigenvalue weighted by atomic mass is 10.1. The molecule has 10 heteroatoms. The first kappa shape index (κ1) is 16.0. The molecule has 0 aliphatic rings. The third-order valence-corrected chi connectivity index (χ3v) is 4.98. The number of hydrogen-bond donors (Lipinski definition) is 2. The van der Waals surface area contributed by atoms with Crippen LogP contribution < -0.4 is 10.5 Å². The van der Waals surface area contributed by atoms with Crippen molar-refractivity contribution in [2.45, 2.75) is 24.3 Å². The number of thiazole rings is 1. The molecule has 7 nitrogen and oxygen atoms in total. The number of nitrogens with zero attached hydrogens (tertiary/aromatic N) is 1. The standard InChI is InChI=1S/C11H12ClN3O4S2/c1-11(2,10-14-3-4-20-10)15-9(16)6-5-7(8(12)19-6)21(13,17)18/h3-5H,1-2H3,(H,15,16)(H2,13,17,18). The van der Waals surface area contributed by atoms with Crippen LogP contribution in [0.2, 0.25) is 5.22 Å². The summed E-state index contributed by atoms with van der Waals surface area (Å²) in [6.07, 6.45) is 1.62. The molecule has 2 aromatic rings. The number of amides is 1. The summed E-state index contributed by atoms with van der Waals surface area (Å²) < 4.78 is 27.5. The summed E-state index contributed by atoms with van der Waals surface area (Å²) in [6, 6.07) is 0.991. The minimum atomic E-state index is -4.05. The van der Waals surface area contributed by atoms with Gasteiger partial charge in [0.2, 0.25) is 15.2 Å². The van der Waals surface area contributed by atoms with Crippen molar-refractivity contribution in [1.82, 2.24) is 10.3 Å². The van der Waals surface area contributed by atoms with Crippen LogP contribution in [0.1, 0.15) is 29.4 Å². The number of sulfonamides is 1. The van der Waals surface area contributed by atoms with Gasteiger partial charge in [-0.1, -0.05) is 0 Å². The minimum absolute atomic E-state index is 0.242. The second-order valence-corrected chi connectivity index (χ2v) is 7.48. The second kappa shape index (κ2) is 5.41. The molecular formula is C11H12ClN3O4S2. The van der Waals surface area contributed by atoms with Gasteiger partial charge in [-0.3, -0.25) is 4.79 Å². The predicted molar refractivity (Wildman–Crippen MR) is 77.7 cm³/mol. The van der Waals surface area contributed by atoms with Crippen molar-refractivity contribution >= 4 is 38.9 Å². The average molecular weight is 350 g/mol. The van der Waals surface area contributed by atoms with Crippen LogP contribution in [-0.2, 0) is 15.6 Å². The normalized spacial score (nSPS) is 12.4. The number of furan rings is 1. The molecule has 0 aliphatic heterocycles. The van der Waals surface area contributed by atoms with E-state index in [4.69, 9.17) is 21.2 Å². The molecule has 114 valence electrons. The lowest BCUT2D eigenvalue weighted by Crippen LogP contribution is -2.40. The monoisotopic (exact) mass is 349 g/mol. The first-order valence-corrected chi connectivity index (χ1v) is 8.46. The Balaban J connectivity index is 2.26. The summed E-state index contributed by atoms with van der Waals surface area (Å²) in [7, 11) is -4.05. The Morgan fingerprint density at radius 1 is 1.52 bits per heavy atom. The Labute approximate surface area is 130 Å². The number of hydrogen-bond acceptors (Lipinski definition) is 6. The van der Waals surface area contributed by atoms with Gasteiger partial charge < -0.3 is 9.73 Å². The first-order chi connectivity index (χ1) is 9.61. The lowest BCUT2D eigenvalue weighted by Gasteiger charge is -2.22. The predicted octanol–water partition coefficient (Wildman–Crippen LogP) is 1.70. The number of halogens is 1. The fourth-order valence-corrected chi connectivity index (χ4v) is 3.30. The lowest BCUT2D eigenvalue weighted by molar-refractivity contribution is 0.0883. The van der Waals surface area contributed by atoms with E-state index in [1.807, 2.05) is 0 Å². The molecule has 0 spiro atoms. The van der Waals surface area contributed by atoms with Crippen LogP contribution in [0.4, 0.5) is 0 Å². The molecule has 0 atom stereocenters. The van der Waals surface area contributed by atoms with Crippen molar-refractivity contribution in [1.29, 1.82) is 0 Å². The summed E-state index contributed by atoms with van der Waals surface area (Å²) in [4.78, 5) is 15.8. The summed E-state index contributed by atoms with van der Waals surface area (Å²) >= 11 is 7.01. The van der Waals surface area contributed by atoms with Gasteiger partial charge in [-0.15, -0.1) is 11.3 Å². The number of aromatic nitrogens is 1. The highest BCUT2D eigenvalue weighted by Crippen LogP contribution is 2.26. The molecule has 2 aromatic heterocycles. The quantitative estimate of drug-likeness (QED) is 0.871. The van der Waals surface area contributed by atoms with E-state index in [1.54, 1.807) is 25.4 Å². The highest BCUT2D eigenvalue weighted by Gasteiger charge is 2.29. The van der Waals surface area contributed by atoms with Gasteiger partial charge in [0.15, 0.2) is 5.76 Å². The molecule has 2 rings (SSSR count). The molecule has 2 heterocycles. The van der Waals surface area contributed by atoms with E-state index in [0.717, 1.165) is 6.07 Å². The zero-order valence-electron chi connectivity index (χ0n) is 11.1. The van der Waals surface area contributed by atoms with E-state index in [1.165, 1.54) is 11.3 Å². The maximum absolute atomic E-state index is 12.1. The Kier molecular flexibility index (Phi) is 4.11. The zero-order chi connectivity index (χ0) is 15.8. The smallest absolute Gasteiger partial charge is 0.287 e. The van der Waals surface area contributed by atoms with E-state index in [2.05, 4.69) is 10.3 Å². The van der Waals surface area contributed by atoms with Crippen molar-refractivity contribution < 1.29 is 17.6 Å². The second-order valence-electron chi connectivity index (χ2n) is 4.71. The molecule has 0 radical (unpaired) electrons. The molecule has 21 heavy (non-hydrogen) atoms. The Morgan fingerprint density at radius 2 is 2.19 bits per heavy atom. The van der Waals surface area contributed by atoms with Crippen molar-refractivity contribution in [2.75, 3.05) is 0 Å². The van der Waals surface area contributed by atoms with E-state index < -0.39 is 31.6 Å².